The summed E-state index contributed by atoms with van der Waals surface area (Å²) in [4.78, 5) is 31.1. The standard InChI is InChI=1S/C18H16N4O4/c23-18(17-2-1-11-26-17)21-9-7-20(8-10-21)15-3-4-16(22(24)25)14-12-19-6-5-13(14)15/h1-6,11-12H,7-10H2. The highest BCUT2D eigenvalue weighted by atomic mass is 16.6. The number of piperazine rings is 1. The van der Waals surface area contributed by atoms with E-state index < -0.39 is 4.92 Å². The number of aromatic nitrogens is 1. The van der Waals surface area contributed by atoms with Crippen molar-refractivity contribution in [2.45, 2.75) is 0 Å². The fraction of sp³-hybridized carbons (Fsp3) is 0.222. The summed E-state index contributed by atoms with van der Waals surface area (Å²) in [5.74, 6) is 0.220. The molecule has 0 saturated carbocycles. The summed E-state index contributed by atoms with van der Waals surface area (Å²) in [7, 11) is 0. The first-order valence-electron chi connectivity index (χ1n) is 8.24. The average Bonchev–Trinajstić information content (AvgIpc) is 3.21. The number of nitro groups is 1. The van der Waals surface area contributed by atoms with Crippen LogP contribution in [-0.4, -0.2) is 46.9 Å². The van der Waals surface area contributed by atoms with Gasteiger partial charge in [0.1, 0.15) is 0 Å². The number of fused-ring (bicyclic) bond motifs is 1. The van der Waals surface area contributed by atoms with Gasteiger partial charge < -0.3 is 14.2 Å². The van der Waals surface area contributed by atoms with Gasteiger partial charge >= 0.3 is 0 Å². The normalized spacial score (nSPS) is 14.6. The molecule has 8 nitrogen and oxygen atoms in total. The largest absolute Gasteiger partial charge is 0.459 e. The molecule has 0 N–H and O–H groups in total. The van der Waals surface area contributed by atoms with Gasteiger partial charge in [-0.1, -0.05) is 0 Å². The Hall–Kier alpha value is -3.42. The lowest BCUT2D eigenvalue weighted by atomic mass is 10.1. The summed E-state index contributed by atoms with van der Waals surface area (Å²) in [6.07, 6.45) is 4.64. The monoisotopic (exact) mass is 352 g/mol. The van der Waals surface area contributed by atoms with Crippen LogP contribution in [0, 0.1) is 10.1 Å². The number of anilines is 1. The third-order valence-electron chi connectivity index (χ3n) is 4.61. The molecule has 4 rings (SSSR count). The van der Waals surface area contributed by atoms with Crippen molar-refractivity contribution in [2.24, 2.45) is 0 Å². The van der Waals surface area contributed by atoms with Gasteiger partial charge in [-0.15, -0.1) is 0 Å². The maximum Gasteiger partial charge on any atom is 0.289 e. The molecule has 1 aliphatic rings. The van der Waals surface area contributed by atoms with E-state index in [9.17, 15) is 14.9 Å². The number of carbonyl (C=O) groups is 1. The summed E-state index contributed by atoms with van der Waals surface area (Å²) in [6.45, 7) is 2.40. The van der Waals surface area contributed by atoms with E-state index in [2.05, 4.69) is 9.88 Å². The molecule has 8 heteroatoms. The molecular weight excluding hydrogens is 336 g/mol. The Bertz CT molecular complexity index is 962. The van der Waals surface area contributed by atoms with Gasteiger partial charge in [-0.2, -0.15) is 0 Å². The third kappa shape index (κ3) is 2.75. The number of nitro benzene ring substituents is 1. The minimum atomic E-state index is -0.395. The summed E-state index contributed by atoms with van der Waals surface area (Å²) in [5, 5.41) is 12.6. The molecule has 0 unspecified atom stereocenters. The molecule has 0 bridgehead atoms. The van der Waals surface area contributed by atoms with E-state index in [-0.39, 0.29) is 11.6 Å². The minimum Gasteiger partial charge on any atom is -0.459 e. The highest BCUT2D eigenvalue weighted by molar-refractivity contribution is 5.99. The molecule has 132 valence electrons. The topological polar surface area (TPSA) is 92.7 Å². The molecule has 1 aromatic carbocycles. The highest BCUT2D eigenvalue weighted by Crippen LogP contribution is 2.33. The van der Waals surface area contributed by atoms with Crippen LogP contribution < -0.4 is 4.90 Å². The summed E-state index contributed by atoms with van der Waals surface area (Å²) in [5.41, 5.74) is 0.960. The Balaban J connectivity index is 1.58. The summed E-state index contributed by atoms with van der Waals surface area (Å²) in [6, 6.07) is 8.42. The average molecular weight is 352 g/mol. The summed E-state index contributed by atoms with van der Waals surface area (Å²) >= 11 is 0. The molecule has 0 spiro atoms. The van der Waals surface area contributed by atoms with Crippen molar-refractivity contribution < 1.29 is 14.1 Å². The van der Waals surface area contributed by atoms with E-state index in [0.717, 1.165) is 11.1 Å². The van der Waals surface area contributed by atoms with Gasteiger partial charge in [-0.25, -0.2) is 0 Å². The van der Waals surface area contributed by atoms with Crippen molar-refractivity contribution in [2.75, 3.05) is 31.1 Å². The van der Waals surface area contributed by atoms with Gasteiger partial charge in [-0.05, 0) is 24.3 Å². The number of non-ortho nitro benzene ring substituents is 1. The van der Waals surface area contributed by atoms with Gasteiger partial charge in [0.05, 0.1) is 16.6 Å². The van der Waals surface area contributed by atoms with E-state index in [1.54, 1.807) is 35.4 Å². The zero-order valence-corrected chi connectivity index (χ0v) is 13.9. The van der Waals surface area contributed by atoms with Gasteiger partial charge in [-0.3, -0.25) is 19.9 Å². The van der Waals surface area contributed by atoms with Gasteiger partial charge in [0.15, 0.2) is 5.76 Å². The smallest absolute Gasteiger partial charge is 0.289 e. The van der Waals surface area contributed by atoms with Crippen LogP contribution in [0.1, 0.15) is 10.6 Å². The highest BCUT2D eigenvalue weighted by Gasteiger charge is 2.25. The Morgan fingerprint density at radius 3 is 2.62 bits per heavy atom. The Labute approximate surface area is 148 Å². The Morgan fingerprint density at radius 2 is 1.92 bits per heavy atom. The predicted molar refractivity (Wildman–Crippen MR) is 95.2 cm³/mol. The van der Waals surface area contributed by atoms with Crippen LogP contribution >= 0.6 is 0 Å². The molecule has 1 saturated heterocycles. The van der Waals surface area contributed by atoms with Crippen molar-refractivity contribution in [3.63, 3.8) is 0 Å². The second-order valence-electron chi connectivity index (χ2n) is 6.04. The van der Waals surface area contributed by atoms with E-state index in [1.165, 1.54) is 18.5 Å². The first-order chi connectivity index (χ1) is 12.6. The lowest BCUT2D eigenvalue weighted by Gasteiger charge is -2.36. The van der Waals surface area contributed by atoms with Gasteiger partial charge in [0.25, 0.3) is 11.6 Å². The molecule has 2 aromatic heterocycles. The van der Waals surface area contributed by atoms with Gasteiger partial charge in [0, 0.05) is 55.7 Å². The van der Waals surface area contributed by atoms with Gasteiger partial charge in [0.2, 0.25) is 0 Å². The number of nitrogens with zero attached hydrogens (tertiary/aromatic N) is 4. The number of amides is 1. The molecule has 26 heavy (non-hydrogen) atoms. The van der Waals surface area contributed by atoms with Crippen LogP contribution in [0.15, 0.2) is 53.4 Å². The van der Waals surface area contributed by atoms with Crippen molar-refractivity contribution in [3.8, 4) is 0 Å². The SMILES string of the molecule is O=C(c1ccco1)N1CCN(c2ccc([N+](=O)[O-])c3cnccc23)CC1. The molecular formula is C18H16N4O4. The number of pyridine rings is 1. The Kier molecular flexibility index (Phi) is 4.00. The van der Waals surface area contributed by atoms with Crippen LogP contribution in [0.3, 0.4) is 0 Å². The number of carbonyl (C=O) groups excluding carboxylic acids is 1. The third-order valence-corrected chi connectivity index (χ3v) is 4.61. The molecule has 1 amide bonds. The van der Waals surface area contributed by atoms with E-state index in [1.807, 2.05) is 0 Å². The fourth-order valence-corrected chi connectivity index (χ4v) is 3.30. The summed E-state index contributed by atoms with van der Waals surface area (Å²) < 4.78 is 5.18. The van der Waals surface area contributed by atoms with Crippen LogP contribution in [0.5, 0.6) is 0 Å². The fourth-order valence-electron chi connectivity index (χ4n) is 3.30. The number of hydrogen-bond acceptors (Lipinski definition) is 6. The number of hydrogen-bond donors (Lipinski definition) is 0. The zero-order chi connectivity index (χ0) is 18.1. The van der Waals surface area contributed by atoms with Crippen LogP contribution in [0.2, 0.25) is 0 Å². The predicted octanol–water partition coefficient (Wildman–Crippen LogP) is 2.70. The molecule has 3 heterocycles. The van der Waals surface area contributed by atoms with E-state index >= 15 is 0 Å². The number of rotatable bonds is 3. The van der Waals surface area contributed by atoms with E-state index in [4.69, 9.17) is 4.42 Å². The maximum absolute atomic E-state index is 12.4. The van der Waals surface area contributed by atoms with E-state index in [0.29, 0.717) is 37.3 Å². The van der Waals surface area contributed by atoms with Crippen molar-refractivity contribution >= 4 is 28.1 Å². The van der Waals surface area contributed by atoms with Crippen molar-refractivity contribution in [1.29, 1.82) is 0 Å². The first-order valence-corrected chi connectivity index (χ1v) is 8.24. The minimum absolute atomic E-state index is 0.0449. The lowest BCUT2D eigenvalue weighted by molar-refractivity contribution is -0.383. The molecule has 1 fully saturated rings. The van der Waals surface area contributed by atoms with Crippen molar-refractivity contribution in [1.82, 2.24) is 9.88 Å². The molecule has 1 aliphatic heterocycles. The zero-order valence-electron chi connectivity index (χ0n) is 13.9. The Morgan fingerprint density at radius 1 is 1.12 bits per heavy atom. The second-order valence-corrected chi connectivity index (χ2v) is 6.04. The van der Waals surface area contributed by atoms with Crippen LogP contribution in [0.4, 0.5) is 11.4 Å². The van der Waals surface area contributed by atoms with Crippen molar-refractivity contribution in [3.05, 3.63) is 64.9 Å². The number of benzene rings is 1. The second kappa shape index (κ2) is 6.47. The first kappa shape index (κ1) is 16.1. The maximum atomic E-state index is 12.4. The van der Waals surface area contributed by atoms with Crippen LogP contribution in [0.25, 0.3) is 10.8 Å². The molecule has 0 radical (unpaired) electrons. The number of furan rings is 1. The lowest BCUT2D eigenvalue weighted by Crippen LogP contribution is -2.48. The quantitative estimate of drug-likeness (QED) is 0.531. The molecule has 3 aromatic rings. The molecule has 0 aliphatic carbocycles. The van der Waals surface area contributed by atoms with Crippen LogP contribution in [-0.2, 0) is 0 Å². The molecule has 0 atom stereocenters.